The molecular formula is C17H13FN6O. The topological polar surface area (TPSA) is 95.6 Å². The summed E-state index contributed by atoms with van der Waals surface area (Å²) in [6, 6.07) is 13.8. The van der Waals surface area contributed by atoms with E-state index in [1.54, 1.807) is 18.2 Å². The van der Waals surface area contributed by atoms with Crippen LogP contribution in [-0.4, -0.2) is 25.1 Å². The molecule has 0 aliphatic carbocycles. The predicted molar refractivity (Wildman–Crippen MR) is 89.2 cm³/mol. The monoisotopic (exact) mass is 336 g/mol. The third kappa shape index (κ3) is 2.63. The fraction of sp³-hybridized carbons (Fsp3) is 0.0588. The molecule has 2 aromatic heterocycles. The highest BCUT2D eigenvalue weighted by Gasteiger charge is 2.20. The summed E-state index contributed by atoms with van der Waals surface area (Å²) in [5.41, 5.74) is 8.45. The summed E-state index contributed by atoms with van der Waals surface area (Å²) >= 11 is 0. The van der Waals surface area contributed by atoms with Crippen molar-refractivity contribution in [3.05, 3.63) is 59.9 Å². The summed E-state index contributed by atoms with van der Waals surface area (Å²) in [5.74, 6) is 0.0211. The van der Waals surface area contributed by atoms with Crippen LogP contribution in [0.4, 0.5) is 10.2 Å². The Kier molecular flexibility index (Phi) is 3.50. The van der Waals surface area contributed by atoms with Gasteiger partial charge in [0, 0.05) is 0 Å². The van der Waals surface area contributed by atoms with E-state index in [9.17, 15) is 4.39 Å². The van der Waals surface area contributed by atoms with Gasteiger partial charge in [0.05, 0.1) is 11.3 Å². The fourth-order valence-corrected chi connectivity index (χ4v) is 2.46. The van der Waals surface area contributed by atoms with Crippen molar-refractivity contribution in [2.75, 3.05) is 5.73 Å². The van der Waals surface area contributed by atoms with E-state index >= 15 is 0 Å². The molecular weight excluding hydrogens is 323 g/mol. The first kappa shape index (κ1) is 15.0. The SMILES string of the molecule is Cc1cccc(-n2nnc(-c3nc(-c4ccccc4F)no3)c2N)c1. The predicted octanol–water partition coefficient (Wildman–Crippen LogP) is 3.01. The average molecular weight is 336 g/mol. The Morgan fingerprint density at radius 1 is 1.12 bits per heavy atom. The van der Waals surface area contributed by atoms with Gasteiger partial charge in [-0.3, -0.25) is 0 Å². The van der Waals surface area contributed by atoms with E-state index in [0.717, 1.165) is 11.3 Å². The van der Waals surface area contributed by atoms with E-state index in [1.165, 1.54) is 10.7 Å². The van der Waals surface area contributed by atoms with Crippen LogP contribution in [0.2, 0.25) is 0 Å². The number of aryl methyl sites for hydroxylation is 1. The van der Waals surface area contributed by atoms with Crippen molar-refractivity contribution in [1.82, 2.24) is 25.1 Å². The molecule has 0 saturated carbocycles. The van der Waals surface area contributed by atoms with Crippen molar-refractivity contribution in [1.29, 1.82) is 0 Å². The Morgan fingerprint density at radius 2 is 1.96 bits per heavy atom. The zero-order valence-corrected chi connectivity index (χ0v) is 13.2. The van der Waals surface area contributed by atoms with Crippen LogP contribution in [0.1, 0.15) is 5.56 Å². The molecule has 0 saturated heterocycles. The van der Waals surface area contributed by atoms with Gasteiger partial charge in [-0.15, -0.1) is 5.10 Å². The van der Waals surface area contributed by atoms with Crippen LogP contribution in [0.25, 0.3) is 28.7 Å². The molecule has 4 rings (SSSR count). The lowest BCUT2D eigenvalue weighted by molar-refractivity contribution is 0.430. The second-order valence-electron chi connectivity index (χ2n) is 5.48. The zero-order valence-electron chi connectivity index (χ0n) is 13.2. The van der Waals surface area contributed by atoms with Crippen molar-refractivity contribution < 1.29 is 8.91 Å². The Morgan fingerprint density at radius 3 is 2.76 bits per heavy atom. The fourth-order valence-electron chi connectivity index (χ4n) is 2.46. The van der Waals surface area contributed by atoms with Gasteiger partial charge < -0.3 is 10.3 Å². The maximum atomic E-state index is 13.9. The molecule has 0 aliphatic rings. The van der Waals surface area contributed by atoms with Crippen molar-refractivity contribution in [3.63, 3.8) is 0 Å². The van der Waals surface area contributed by atoms with E-state index in [2.05, 4.69) is 20.5 Å². The lowest BCUT2D eigenvalue weighted by Gasteiger charge is -2.03. The standard InChI is InChI=1S/C17H13FN6O/c1-10-5-4-6-11(9-10)24-15(19)14(21-23-24)17-20-16(22-25-17)12-7-2-3-8-13(12)18/h2-9H,19H2,1H3. The number of hydrogen-bond donors (Lipinski definition) is 1. The second-order valence-corrected chi connectivity index (χ2v) is 5.48. The van der Waals surface area contributed by atoms with Crippen LogP contribution < -0.4 is 5.73 Å². The molecule has 4 aromatic rings. The minimum absolute atomic E-state index is 0.0784. The van der Waals surface area contributed by atoms with E-state index in [-0.39, 0.29) is 28.8 Å². The second kappa shape index (κ2) is 5.82. The van der Waals surface area contributed by atoms with Crippen LogP contribution in [-0.2, 0) is 0 Å². The third-order valence-corrected chi connectivity index (χ3v) is 3.69. The first-order chi connectivity index (χ1) is 12.1. The molecule has 0 aliphatic heterocycles. The van der Waals surface area contributed by atoms with E-state index in [0.29, 0.717) is 0 Å². The average Bonchev–Trinajstić information content (AvgIpc) is 3.22. The molecule has 0 unspecified atom stereocenters. The highest BCUT2D eigenvalue weighted by Crippen LogP contribution is 2.27. The summed E-state index contributed by atoms with van der Waals surface area (Å²) in [4.78, 5) is 4.18. The van der Waals surface area contributed by atoms with Gasteiger partial charge in [-0.25, -0.2) is 4.39 Å². The van der Waals surface area contributed by atoms with Gasteiger partial charge in [0.25, 0.3) is 5.89 Å². The number of nitrogen functional groups attached to an aromatic ring is 1. The molecule has 2 aromatic carbocycles. The lowest BCUT2D eigenvalue weighted by atomic mass is 10.2. The summed E-state index contributed by atoms with van der Waals surface area (Å²) < 4.78 is 20.5. The molecule has 2 heterocycles. The molecule has 0 atom stereocenters. The number of benzene rings is 2. The van der Waals surface area contributed by atoms with Gasteiger partial charge in [0.2, 0.25) is 5.82 Å². The number of nitrogens with zero attached hydrogens (tertiary/aromatic N) is 5. The number of rotatable bonds is 3. The van der Waals surface area contributed by atoms with Gasteiger partial charge in [0.15, 0.2) is 11.5 Å². The zero-order chi connectivity index (χ0) is 17.4. The molecule has 0 fully saturated rings. The van der Waals surface area contributed by atoms with Crippen LogP contribution >= 0.6 is 0 Å². The van der Waals surface area contributed by atoms with Gasteiger partial charge in [-0.1, -0.05) is 34.6 Å². The number of hydrogen-bond acceptors (Lipinski definition) is 6. The lowest BCUT2D eigenvalue weighted by Crippen LogP contribution is -2.02. The summed E-state index contributed by atoms with van der Waals surface area (Å²) in [5, 5.41) is 11.9. The first-order valence-electron chi connectivity index (χ1n) is 7.50. The highest BCUT2D eigenvalue weighted by molar-refractivity contribution is 5.66. The van der Waals surface area contributed by atoms with Crippen LogP contribution in [0.5, 0.6) is 0 Å². The van der Waals surface area contributed by atoms with Gasteiger partial charge in [-0.2, -0.15) is 9.67 Å². The molecule has 0 spiro atoms. The van der Waals surface area contributed by atoms with Gasteiger partial charge >= 0.3 is 0 Å². The minimum atomic E-state index is -0.439. The molecule has 124 valence electrons. The molecule has 0 amide bonds. The van der Waals surface area contributed by atoms with Crippen molar-refractivity contribution >= 4 is 5.82 Å². The maximum absolute atomic E-state index is 13.9. The Hall–Kier alpha value is -3.55. The molecule has 0 bridgehead atoms. The maximum Gasteiger partial charge on any atom is 0.282 e. The van der Waals surface area contributed by atoms with Crippen molar-refractivity contribution in [2.45, 2.75) is 6.92 Å². The third-order valence-electron chi connectivity index (χ3n) is 3.69. The number of nitrogens with two attached hydrogens (primary N) is 1. The highest BCUT2D eigenvalue weighted by atomic mass is 19.1. The normalized spacial score (nSPS) is 11.0. The van der Waals surface area contributed by atoms with Gasteiger partial charge in [-0.05, 0) is 36.8 Å². The largest absolute Gasteiger partial charge is 0.382 e. The first-order valence-corrected chi connectivity index (χ1v) is 7.50. The van der Waals surface area contributed by atoms with Crippen LogP contribution in [0.15, 0.2) is 53.1 Å². The molecule has 0 radical (unpaired) electrons. The summed E-state index contributed by atoms with van der Waals surface area (Å²) in [6.45, 7) is 1.97. The quantitative estimate of drug-likeness (QED) is 0.618. The summed E-state index contributed by atoms with van der Waals surface area (Å²) in [7, 11) is 0. The Labute approximate surface area is 141 Å². The number of aromatic nitrogens is 5. The Bertz CT molecular complexity index is 1050. The van der Waals surface area contributed by atoms with Crippen LogP contribution in [0.3, 0.4) is 0 Å². The Balaban J connectivity index is 1.74. The van der Waals surface area contributed by atoms with Crippen LogP contribution in [0, 0.1) is 12.7 Å². The van der Waals surface area contributed by atoms with Crippen molar-refractivity contribution in [3.8, 4) is 28.7 Å². The van der Waals surface area contributed by atoms with E-state index in [1.807, 2.05) is 31.2 Å². The molecule has 8 heteroatoms. The molecule has 7 nitrogen and oxygen atoms in total. The van der Waals surface area contributed by atoms with Gasteiger partial charge in [0.1, 0.15) is 5.82 Å². The number of anilines is 1. The van der Waals surface area contributed by atoms with E-state index < -0.39 is 5.82 Å². The minimum Gasteiger partial charge on any atom is -0.382 e. The molecule has 25 heavy (non-hydrogen) atoms. The number of halogens is 1. The summed E-state index contributed by atoms with van der Waals surface area (Å²) in [6.07, 6.45) is 0. The van der Waals surface area contributed by atoms with Crippen molar-refractivity contribution in [2.24, 2.45) is 0 Å². The van der Waals surface area contributed by atoms with E-state index in [4.69, 9.17) is 10.3 Å². The smallest absolute Gasteiger partial charge is 0.282 e. The molecule has 2 N–H and O–H groups in total.